The first-order valence-electron chi connectivity index (χ1n) is 19.6. The smallest absolute Gasteiger partial charge is 0.145 e. The molecule has 1 saturated heterocycles. The molecule has 8 aromatic carbocycles. The van der Waals surface area contributed by atoms with Gasteiger partial charge in [0.2, 0.25) is 0 Å². The molecule has 2 atom stereocenters. The Morgan fingerprint density at radius 3 is 1.53 bits per heavy atom. The fourth-order valence-corrected chi connectivity index (χ4v) is 9.26. The molecule has 3 aromatic heterocycles. The van der Waals surface area contributed by atoms with Crippen LogP contribution >= 0.6 is 0 Å². The Hall–Kier alpha value is -6.96. The number of benzene rings is 8. The second kappa shape index (κ2) is 12.8. The third-order valence-corrected chi connectivity index (χ3v) is 11.8. The molecule has 0 amide bonds. The minimum atomic E-state index is -0.101. The number of rotatable bonds is 5. The lowest BCUT2D eigenvalue weighted by molar-refractivity contribution is 0.203. The zero-order valence-corrected chi connectivity index (χ0v) is 30.9. The monoisotopic (exact) mass is 735 g/mol. The van der Waals surface area contributed by atoms with Gasteiger partial charge in [-0.1, -0.05) is 140 Å². The molecule has 1 aliphatic rings. The summed E-state index contributed by atoms with van der Waals surface area (Å²) in [7, 11) is 0. The van der Waals surface area contributed by atoms with Crippen molar-refractivity contribution in [2.75, 3.05) is 0 Å². The van der Waals surface area contributed by atoms with E-state index in [0.717, 1.165) is 60.7 Å². The van der Waals surface area contributed by atoms with Crippen LogP contribution in [0.1, 0.15) is 35.2 Å². The third kappa shape index (κ3) is 5.02. The molecule has 11 aromatic rings. The van der Waals surface area contributed by atoms with Crippen molar-refractivity contribution in [3.05, 3.63) is 205 Å². The van der Waals surface area contributed by atoms with Crippen LogP contribution in [0.15, 0.2) is 192 Å². The van der Waals surface area contributed by atoms with Crippen molar-refractivity contribution in [2.45, 2.75) is 18.5 Å². The maximum absolute atomic E-state index is 6.76. The van der Waals surface area contributed by atoms with Crippen molar-refractivity contribution < 1.29 is 4.42 Å². The standard InChI is InChI=1S/C51H37N5O/c1-4-14-32(15-5-1)49-52-50(33-16-6-2-7-17-33)54-51(53-49)34-24-26-36(27-25-34)56-43-31-30-40-38-21-11-13-23-44(38)57-48(40)45(43)41-29-28-39-37-20-10-12-22-42(37)55(46(39)47(41)56)35-18-8-3-9-19-35/h1-31,49-54H. The van der Waals surface area contributed by atoms with E-state index in [4.69, 9.17) is 4.42 Å². The Balaban J connectivity index is 1.09. The van der Waals surface area contributed by atoms with Gasteiger partial charge in [0.25, 0.3) is 0 Å². The van der Waals surface area contributed by atoms with E-state index in [-0.39, 0.29) is 18.5 Å². The zero-order valence-electron chi connectivity index (χ0n) is 30.9. The molecule has 4 heterocycles. The van der Waals surface area contributed by atoms with Crippen molar-refractivity contribution >= 4 is 65.6 Å². The molecule has 6 nitrogen and oxygen atoms in total. The van der Waals surface area contributed by atoms with E-state index < -0.39 is 0 Å². The van der Waals surface area contributed by atoms with Crippen LogP contribution in [0.3, 0.4) is 0 Å². The molecule has 3 N–H and O–H groups in total. The summed E-state index contributed by atoms with van der Waals surface area (Å²) < 4.78 is 11.6. The summed E-state index contributed by atoms with van der Waals surface area (Å²) in [5.74, 6) is 0. The number of hydrogen-bond acceptors (Lipinski definition) is 4. The highest BCUT2D eigenvalue weighted by Gasteiger charge is 2.30. The highest BCUT2D eigenvalue weighted by Crippen LogP contribution is 2.45. The highest BCUT2D eigenvalue weighted by molar-refractivity contribution is 6.29. The summed E-state index contributed by atoms with van der Waals surface area (Å²) in [5, 5.41) is 18.5. The van der Waals surface area contributed by atoms with Gasteiger partial charge in [-0.25, -0.2) is 0 Å². The SMILES string of the molecule is c1ccc(C2NC(c3ccccc3)NC(c3ccc(-n4c5ccc6c7ccccc7oc6c5c5ccc6c7ccccc7n(-c7ccccc7)c6c54)cc3)N2)cc1. The van der Waals surface area contributed by atoms with Crippen LogP contribution in [0.4, 0.5) is 0 Å². The Kier molecular flexibility index (Phi) is 7.25. The summed E-state index contributed by atoms with van der Waals surface area (Å²) in [6, 6.07) is 67.2. The lowest BCUT2D eigenvalue weighted by Gasteiger charge is -2.39. The number of aromatic nitrogens is 2. The van der Waals surface area contributed by atoms with E-state index in [0.29, 0.717) is 0 Å². The number of nitrogens with one attached hydrogen (secondary N) is 3. The second-order valence-electron chi connectivity index (χ2n) is 15.0. The number of nitrogens with zero attached hydrogens (tertiary/aromatic N) is 2. The molecule has 0 spiro atoms. The lowest BCUT2D eigenvalue weighted by Crippen LogP contribution is -2.54. The van der Waals surface area contributed by atoms with Crippen molar-refractivity contribution in [3.8, 4) is 11.4 Å². The van der Waals surface area contributed by atoms with E-state index in [1.165, 1.54) is 32.9 Å². The molecule has 2 unspecified atom stereocenters. The normalized spacial score (nSPS) is 17.4. The summed E-state index contributed by atoms with van der Waals surface area (Å²) in [4.78, 5) is 0. The maximum atomic E-state index is 6.76. The molecule has 0 aliphatic carbocycles. The average Bonchev–Trinajstić information content (AvgIpc) is 3.95. The third-order valence-electron chi connectivity index (χ3n) is 11.8. The van der Waals surface area contributed by atoms with Crippen molar-refractivity contribution in [1.82, 2.24) is 25.1 Å². The Morgan fingerprint density at radius 1 is 0.351 bits per heavy atom. The van der Waals surface area contributed by atoms with Crippen LogP contribution in [-0.4, -0.2) is 9.13 Å². The van der Waals surface area contributed by atoms with Crippen LogP contribution in [0.5, 0.6) is 0 Å². The van der Waals surface area contributed by atoms with E-state index in [2.05, 4.69) is 207 Å². The van der Waals surface area contributed by atoms with Gasteiger partial charge in [-0.05, 0) is 65.2 Å². The predicted molar refractivity (Wildman–Crippen MR) is 233 cm³/mol. The largest absolute Gasteiger partial charge is 0.455 e. The van der Waals surface area contributed by atoms with E-state index in [1.54, 1.807) is 0 Å². The molecule has 6 heteroatoms. The number of furan rings is 1. The van der Waals surface area contributed by atoms with E-state index in [1.807, 2.05) is 6.07 Å². The second-order valence-corrected chi connectivity index (χ2v) is 15.0. The maximum Gasteiger partial charge on any atom is 0.145 e. The highest BCUT2D eigenvalue weighted by atomic mass is 16.3. The summed E-state index contributed by atoms with van der Waals surface area (Å²) in [6.07, 6.45) is -0.186. The van der Waals surface area contributed by atoms with Crippen molar-refractivity contribution in [2.24, 2.45) is 0 Å². The van der Waals surface area contributed by atoms with Crippen LogP contribution in [-0.2, 0) is 0 Å². The molecule has 272 valence electrons. The molecule has 1 aliphatic heterocycles. The van der Waals surface area contributed by atoms with Gasteiger partial charge in [0, 0.05) is 38.3 Å². The molecule has 0 radical (unpaired) electrons. The number of fused-ring (bicyclic) bond motifs is 11. The molecule has 1 fully saturated rings. The Labute approximate surface area is 328 Å². The average molecular weight is 736 g/mol. The molecule has 0 bridgehead atoms. The van der Waals surface area contributed by atoms with Crippen molar-refractivity contribution in [1.29, 1.82) is 0 Å². The van der Waals surface area contributed by atoms with Crippen LogP contribution in [0.2, 0.25) is 0 Å². The quantitative estimate of drug-likeness (QED) is 0.165. The fraction of sp³-hybridized carbons (Fsp3) is 0.0588. The molecular formula is C51H37N5O. The van der Waals surface area contributed by atoms with Gasteiger partial charge < -0.3 is 13.6 Å². The Bertz CT molecular complexity index is 3230. The molecule has 57 heavy (non-hydrogen) atoms. The minimum absolute atomic E-state index is 0.0425. The van der Waals surface area contributed by atoms with Gasteiger partial charge in [0.15, 0.2) is 0 Å². The van der Waals surface area contributed by atoms with Gasteiger partial charge in [-0.3, -0.25) is 16.0 Å². The van der Waals surface area contributed by atoms with Gasteiger partial charge in [-0.2, -0.15) is 0 Å². The lowest BCUT2D eigenvalue weighted by atomic mass is 10.0. The van der Waals surface area contributed by atoms with Gasteiger partial charge in [0.05, 0.1) is 46.0 Å². The topological polar surface area (TPSA) is 59.1 Å². The molecular weight excluding hydrogens is 699 g/mol. The predicted octanol–water partition coefficient (Wildman–Crippen LogP) is 12.0. The molecule has 12 rings (SSSR count). The summed E-state index contributed by atoms with van der Waals surface area (Å²) in [6.45, 7) is 0. The zero-order chi connectivity index (χ0) is 37.5. The summed E-state index contributed by atoms with van der Waals surface area (Å²) >= 11 is 0. The van der Waals surface area contributed by atoms with Gasteiger partial charge in [-0.15, -0.1) is 0 Å². The van der Waals surface area contributed by atoms with Gasteiger partial charge >= 0.3 is 0 Å². The van der Waals surface area contributed by atoms with Crippen LogP contribution < -0.4 is 16.0 Å². The van der Waals surface area contributed by atoms with E-state index >= 15 is 0 Å². The number of para-hydroxylation sites is 3. The first-order valence-corrected chi connectivity index (χ1v) is 19.6. The van der Waals surface area contributed by atoms with Gasteiger partial charge in [0.1, 0.15) is 11.2 Å². The first kappa shape index (κ1) is 32.3. The fourth-order valence-electron chi connectivity index (χ4n) is 9.26. The van der Waals surface area contributed by atoms with Crippen molar-refractivity contribution in [3.63, 3.8) is 0 Å². The van der Waals surface area contributed by atoms with E-state index in [9.17, 15) is 0 Å². The van der Waals surface area contributed by atoms with Crippen LogP contribution in [0, 0.1) is 0 Å². The Morgan fingerprint density at radius 2 is 0.842 bits per heavy atom. The van der Waals surface area contributed by atoms with Crippen LogP contribution in [0.25, 0.3) is 76.9 Å². The number of hydrogen-bond donors (Lipinski definition) is 3. The first-order chi connectivity index (χ1) is 28.3. The molecule has 0 saturated carbocycles. The minimum Gasteiger partial charge on any atom is -0.455 e. The summed E-state index contributed by atoms with van der Waals surface area (Å²) in [5.41, 5.74) is 12.2.